The number of non-ortho nitro benzene ring substituents is 1. The van der Waals surface area contributed by atoms with Gasteiger partial charge in [0, 0.05) is 23.2 Å². The third kappa shape index (κ3) is 3.90. The lowest BCUT2D eigenvalue weighted by molar-refractivity contribution is -0.384. The van der Waals surface area contributed by atoms with Crippen LogP contribution in [-0.4, -0.2) is 11.5 Å². The van der Waals surface area contributed by atoms with Crippen molar-refractivity contribution in [2.75, 3.05) is 6.54 Å². The fourth-order valence-corrected chi connectivity index (χ4v) is 1.82. The van der Waals surface area contributed by atoms with E-state index in [1.807, 2.05) is 0 Å². The van der Waals surface area contributed by atoms with Crippen LogP contribution in [0.3, 0.4) is 0 Å². The molecule has 88 valence electrons. The molecule has 16 heavy (non-hydrogen) atoms. The van der Waals surface area contributed by atoms with Gasteiger partial charge in [-0.3, -0.25) is 10.1 Å². The highest BCUT2D eigenvalue weighted by Gasteiger charge is 2.08. The van der Waals surface area contributed by atoms with E-state index in [-0.39, 0.29) is 10.6 Å². The Kier molecular flexibility index (Phi) is 5.42. The van der Waals surface area contributed by atoms with Crippen molar-refractivity contribution in [2.45, 2.75) is 26.3 Å². The SMILES string of the molecule is CCCCNCc1ccc([N+](=O)[O-])cc1Br. The highest BCUT2D eigenvalue weighted by molar-refractivity contribution is 9.10. The van der Waals surface area contributed by atoms with Crippen molar-refractivity contribution in [1.82, 2.24) is 5.32 Å². The summed E-state index contributed by atoms with van der Waals surface area (Å²) in [5.41, 5.74) is 1.16. The van der Waals surface area contributed by atoms with Crippen molar-refractivity contribution in [1.29, 1.82) is 0 Å². The first-order chi connectivity index (χ1) is 7.65. The number of rotatable bonds is 6. The molecule has 0 spiro atoms. The zero-order valence-corrected chi connectivity index (χ0v) is 10.8. The predicted molar refractivity (Wildman–Crippen MR) is 67.4 cm³/mol. The average molecular weight is 287 g/mol. The monoisotopic (exact) mass is 286 g/mol. The maximum absolute atomic E-state index is 10.5. The largest absolute Gasteiger partial charge is 0.313 e. The normalized spacial score (nSPS) is 10.4. The Morgan fingerprint density at radius 1 is 1.50 bits per heavy atom. The van der Waals surface area contributed by atoms with Crippen molar-refractivity contribution in [3.05, 3.63) is 38.3 Å². The van der Waals surface area contributed by atoms with E-state index in [0.717, 1.165) is 36.0 Å². The van der Waals surface area contributed by atoms with Gasteiger partial charge in [0.15, 0.2) is 0 Å². The molecule has 1 rings (SSSR count). The molecular formula is C11H15BrN2O2. The first kappa shape index (κ1) is 13.1. The Balaban J connectivity index is 2.57. The van der Waals surface area contributed by atoms with Crippen LogP contribution >= 0.6 is 15.9 Å². The number of hydrogen-bond donors (Lipinski definition) is 1. The van der Waals surface area contributed by atoms with Crippen LogP contribution < -0.4 is 5.32 Å². The van der Waals surface area contributed by atoms with E-state index in [1.165, 1.54) is 12.1 Å². The lowest BCUT2D eigenvalue weighted by atomic mass is 10.2. The Hall–Kier alpha value is -0.940. The van der Waals surface area contributed by atoms with E-state index >= 15 is 0 Å². The van der Waals surface area contributed by atoms with Gasteiger partial charge in [0.25, 0.3) is 5.69 Å². The van der Waals surface area contributed by atoms with Crippen LogP contribution in [0.25, 0.3) is 0 Å². The number of hydrogen-bond acceptors (Lipinski definition) is 3. The molecule has 1 N–H and O–H groups in total. The van der Waals surface area contributed by atoms with Crippen LogP contribution in [0.1, 0.15) is 25.3 Å². The molecule has 0 fully saturated rings. The Morgan fingerprint density at radius 2 is 2.25 bits per heavy atom. The molecular weight excluding hydrogens is 272 g/mol. The number of nitrogens with one attached hydrogen (secondary N) is 1. The molecule has 0 unspecified atom stereocenters. The Labute approximate surface area is 103 Å². The zero-order chi connectivity index (χ0) is 12.0. The highest BCUT2D eigenvalue weighted by atomic mass is 79.9. The number of nitrogens with zero attached hydrogens (tertiary/aromatic N) is 1. The first-order valence-electron chi connectivity index (χ1n) is 5.28. The van der Waals surface area contributed by atoms with Crippen LogP contribution in [0.2, 0.25) is 0 Å². The molecule has 0 atom stereocenters. The summed E-state index contributed by atoms with van der Waals surface area (Å²) in [6.07, 6.45) is 2.30. The summed E-state index contributed by atoms with van der Waals surface area (Å²) >= 11 is 3.34. The second-order valence-corrected chi connectivity index (χ2v) is 4.42. The summed E-state index contributed by atoms with van der Waals surface area (Å²) < 4.78 is 0.783. The third-order valence-electron chi connectivity index (χ3n) is 2.27. The first-order valence-corrected chi connectivity index (χ1v) is 6.08. The number of benzene rings is 1. The molecule has 0 aliphatic rings. The number of nitro benzene ring substituents is 1. The second kappa shape index (κ2) is 6.60. The van der Waals surface area contributed by atoms with Crippen LogP contribution in [0.5, 0.6) is 0 Å². The van der Waals surface area contributed by atoms with Gasteiger partial charge in [0.2, 0.25) is 0 Å². The van der Waals surface area contributed by atoms with E-state index in [4.69, 9.17) is 0 Å². The van der Waals surface area contributed by atoms with Crippen molar-refractivity contribution < 1.29 is 4.92 Å². The van der Waals surface area contributed by atoms with Crippen molar-refractivity contribution in [3.8, 4) is 0 Å². The predicted octanol–water partition coefficient (Wildman–Crippen LogP) is 3.25. The fourth-order valence-electron chi connectivity index (χ4n) is 1.32. The van der Waals surface area contributed by atoms with E-state index in [0.29, 0.717) is 0 Å². The lowest BCUT2D eigenvalue weighted by Gasteiger charge is -2.06. The lowest BCUT2D eigenvalue weighted by Crippen LogP contribution is -2.14. The van der Waals surface area contributed by atoms with Gasteiger partial charge in [-0.25, -0.2) is 0 Å². The van der Waals surface area contributed by atoms with Gasteiger partial charge in [0.05, 0.1) is 4.92 Å². The maximum Gasteiger partial charge on any atom is 0.270 e. The van der Waals surface area contributed by atoms with Gasteiger partial charge in [-0.15, -0.1) is 0 Å². The summed E-state index contributed by atoms with van der Waals surface area (Å²) in [4.78, 5) is 10.1. The number of halogens is 1. The topological polar surface area (TPSA) is 55.2 Å². The summed E-state index contributed by atoms with van der Waals surface area (Å²) in [5.74, 6) is 0. The molecule has 0 radical (unpaired) electrons. The van der Waals surface area contributed by atoms with E-state index in [1.54, 1.807) is 6.07 Å². The van der Waals surface area contributed by atoms with Crippen LogP contribution in [0.4, 0.5) is 5.69 Å². The molecule has 0 aliphatic heterocycles. The summed E-state index contributed by atoms with van der Waals surface area (Å²) in [6, 6.07) is 4.85. The van der Waals surface area contributed by atoms with Crippen LogP contribution in [0, 0.1) is 10.1 Å². The van der Waals surface area contributed by atoms with E-state index in [2.05, 4.69) is 28.2 Å². The van der Waals surface area contributed by atoms with Gasteiger partial charge in [-0.2, -0.15) is 0 Å². The minimum atomic E-state index is -0.390. The van der Waals surface area contributed by atoms with E-state index < -0.39 is 0 Å². The Bertz CT molecular complexity index is 369. The number of nitro groups is 1. The molecule has 0 saturated carbocycles. The molecule has 0 aromatic heterocycles. The molecule has 1 aromatic carbocycles. The van der Waals surface area contributed by atoms with Crippen molar-refractivity contribution in [2.24, 2.45) is 0 Å². The molecule has 0 aliphatic carbocycles. The molecule has 1 aromatic rings. The molecule has 0 saturated heterocycles. The van der Waals surface area contributed by atoms with E-state index in [9.17, 15) is 10.1 Å². The van der Waals surface area contributed by atoms with Gasteiger partial charge in [-0.05, 0) is 24.6 Å². The van der Waals surface area contributed by atoms with Crippen molar-refractivity contribution in [3.63, 3.8) is 0 Å². The van der Waals surface area contributed by atoms with Crippen LogP contribution in [0.15, 0.2) is 22.7 Å². The standard InChI is InChI=1S/C11H15BrN2O2/c1-2-3-6-13-8-9-4-5-10(14(15)16)7-11(9)12/h4-5,7,13H,2-3,6,8H2,1H3. The molecule has 0 amide bonds. The van der Waals surface area contributed by atoms with Gasteiger partial charge >= 0.3 is 0 Å². The minimum Gasteiger partial charge on any atom is -0.313 e. The smallest absolute Gasteiger partial charge is 0.270 e. The number of unbranched alkanes of at least 4 members (excludes halogenated alkanes) is 1. The highest BCUT2D eigenvalue weighted by Crippen LogP contribution is 2.22. The maximum atomic E-state index is 10.5. The molecule has 4 nitrogen and oxygen atoms in total. The summed E-state index contributed by atoms with van der Waals surface area (Å²) in [6.45, 7) is 3.85. The van der Waals surface area contributed by atoms with Gasteiger partial charge in [0.1, 0.15) is 0 Å². The summed E-state index contributed by atoms with van der Waals surface area (Å²) in [7, 11) is 0. The molecule has 0 heterocycles. The van der Waals surface area contributed by atoms with Crippen LogP contribution in [-0.2, 0) is 6.54 Å². The summed E-state index contributed by atoms with van der Waals surface area (Å²) in [5, 5.41) is 13.8. The average Bonchev–Trinajstić information content (AvgIpc) is 2.26. The van der Waals surface area contributed by atoms with Gasteiger partial charge < -0.3 is 5.32 Å². The third-order valence-corrected chi connectivity index (χ3v) is 3.01. The quantitative estimate of drug-likeness (QED) is 0.496. The van der Waals surface area contributed by atoms with Crippen molar-refractivity contribution >= 4 is 21.6 Å². The zero-order valence-electron chi connectivity index (χ0n) is 9.20. The molecule has 5 heteroatoms. The second-order valence-electron chi connectivity index (χ2n) is 3.56. The van der Waals surface area contributed by atoms with Gasteiger partial charge in [-0.1, -0.05) is 29.3 Å². The fraction of sp³-hybridized carbons (Fsp3) is 0.455. The Morgan fingerprint density at radius 3 is 2.81 bits per heavy atom. The molecule has 0 bridgehead atoms. The minimum absolute atomic E-state index is 0.115.